The Kier molecular flexibility index (Phi) is 8.87. The average Bonchev–Trinajstić information content (AvgIpc) is 3.14. The number of nitrogens with one attached hydrogen (secondary N) is 1. The topological polar surface area (TPSA) is 114 Å². The molecule has 0 fully saturated rings. The van der Waals surface area contributed by atoms with E-state index in [4.69, 9.17) is 14.2 Å². The lowest BCUT2D eigenvalue weighted by Gasteiger charge is -2.28. The summed E-state index contributed by atoms with van der Waals surface area (Å²) >= 11 is 1.16. The third-order valence-electron chi connectivity index (χ3n) is 5.41. The van der Waals surface area contributed by atoms with Crippen LogP contribution in [0.1, 0.15) is 48.8 Å². The summed E-state index contributed by atoms with van der Waals surface area (Å²) in [5.41, 5.74) is 0.275. The van der Waals surface area contributed by atoms with Crippen LogP contribution in [0.5, 0.6) is 11.5 Å². The zero-order chi connectivity index (χ0) is 25.7. The van der Waals surface area contributed by atoms with E-state index in [1.54, 1.807) is 52.1 Å². The summed E-state index contributed by atoms with van der Waals surface area (Å²) in [6.07, 6.45) is -1.01. The molecule has 2 heterocycles. The zero-order valence-corrected chi connectivity index (χ0v) is 21.8. The van der Waals surface area contributed by atoms with Crippen LogP contribution < -0.4 is 15.0 Å². The summed E-state index contributed by atoms with van der Waals surface area (Å²) in [5.74, 6) is 1.37. The third-order valence-corrected chi connectivity index (χ3v) is 6.57. The lowest BCUT2D eigenvalue weighted by molar-refractivity contribution is 0.0383. The van der Waals surface area contributed by atoms with Gasteiger partial charge >= 0.3 is 5.97 Å². The van der Waals surface area contributed by atoms with E-state index >= 15 is 0 Å². The van der Waals surface area contributed by atoms with E-state index in [-0.39, 0.29) is 24.3 Å². The molecule has 0 radical (unpaired) electrons. The van der Waals surface area contributed by atoms with Crippen LogP contribution in [0.2, 0.25) is 0 Å². The van der Waals surface area contributed by atoms with Crippen LogP contribution >= 0.6 is 11.3 Å². The summed E-state index contributed by atoms with van der Waals surface area (Å²) in [4.78, 5) is 35.6. The van der Waals surface area contributed by atoms with E-state index in [1.807, 2.05) is 18.7 Å². The molecule has 3 aromatic rings. The number of benzene rings is 1. The van der Waals surface area contributed by atoms with E-state index in [2.05, 4.69) is 9.97 Å². The van der Waals surface area contributed by atoms with Gasteiger partial charge in [-0.25, -0.2) is 9.78 Å². The second-order valence-corrected chi connectivity index (χ2v) is 9.87. The van der Waals surface area contributed by atoms with Crippen LogP contribution in [0.4, 0.5) is 0 Å². The Morgan fingerprint density at radius 1 is 1.17 bits per heavy atom. The highest BCUT2D eigenvalue weighted by Crippen LogP contribution is 2.28. The van der Waals surface area contributed by atoms with Crippen molar-refractivity contribution in [1.29, 1.82) is 0 Å². The number of aromatic amines is 1. The van der Waals surface area contributed by atoms with Crippen LogP contribution in [0.3, 0.4) is 0 Å². The predicted molar refractivity (Wildman–Crippen MR) is 136 cm³/mol. The normalized spacial score (nSPS) is 12.5. The van der Waals surface area contributed by atoms with Gasteiger partial charge in [0.15, 0.2) is 0 Å². The number of rotatable bonds is 11. The van der Waals surface area contributed by atoms with Gasteiger partial charge in [0.05, 0.1) is 25.1 Å². The van der Waals surface area contributed by atoms with Gasteiger partial charge in [-0.05, 0) is 64.4 Å². The van der Waals surface area contributed by atoms with Gasteiger partial charge in [-0.2, -0.15) is 0 Å². The molecule has 2 aromatic heterocycles. The summed E-state index contributed by atoms with van der Waals surface area (Å²) in [5, 5.41) is 11.0. The van der Waals surface area contributed by atoms with Gasteiger partial charge in [-0.1, -0.05) is 0 Å². The SMILES string of the molecule is COc1ccc(OC[C@@H](O)CN(Cc2nc3sc(C(=O)OC(C)C)c(C)c3c(=O)[nH]2)C(C)C)cc1. The van der Waals surface area contributed by atoms with Crippen LogP contribution in [-0.4, -0.2) is 64.5 Å². The number of ether oxygens (including phenoxy) is 3. The Balaban J connectivity index is 1.71. The van der Waals surface area contributed by atoms with Crippen LogP contribution in [0, 0.1) is 6.92 Å². The maximum Gasteiger partial charge on any atom is 0.348 e. The van der Waals surface area contributed by atoms with E-state index in [0.29, 0.717) is 45.3 Å². The second-order valence-electron chi connectivity index (χ2n) is 8.87. The van der Waals surface area contributed by atoms with Crippen molar-refractivity contribution in [3.05, 3.63) is 50.9 Å². The highest BCUT2D eigenvalue weighted by Gasteiger charge is 2.22. The van der Waals surface area contributed by atoms with Crippen LogP contribution in [0.25, 0.3) is 10.2 Å². The summed E-state index contributed by atoms with van der Waals surface area (Å²) in [7, 11) is 1.60. The van der Waals surface area contributed by atoms with E-state index < -0.39 is 12.1 Å². The Hall–Kier alpha value is -2.95. The molecule has 9 nitrogen and oxygen atoms in total. The lowest BCUT2D eigenvalue weighted by atomic mass is 10.2. The minimum atomic E-state index is -0.753. The summed E-state index contributed by atoms with van der Waals surface area (Å²) < 4.78 is 16.1. The number of carbonyl (C=O) groups is 1. The molecule has 0 saturated heterocycles. The molecular weight excluding hydrogens is 470 g/mol. The lowest BCUT2D eigenvalue weighted by Crippen LogP contribution is -2.40. The summed E-state index contributed by atoms with van der Waals surface area (Å²) in [6, 6.07) is 7.22. The Morgan fingerprint density at radius 3 is 2.43 bits per heavy atom. The van der Waals surface area contributed by atoms with Crippen molar-refractivity contribution in [2.75, 3.05) is 20.3 Å². The Bertz CT molecular complexity index is 1200. The highest BCUT2D eigenvalue weighted by molar-refractivity contribution is 7.20. The van der Waals surface area contributed by atoms with E-state index in [1.165, 1.54) is 0 Å². The molecule has 0 saturated carbocycles. The van der Waals surface area contributed by atoms with Crippen molar-refractivity contribution >= 4 is 27.5 Å². The molecule has 0 bridgehead atoms. The molecule has 1 aromatic carbocycles. The van der Waals surface area contributed by atoms with Crippen molar-refractivity contribution in [1.82, 2.24) is 14.9 Å². The molecular formula is C25H33N3O6S. The fourth-order valence-electron chi connectivity index (χ4n) is 3.56. The number of aromatic nitrogens is 2. The minimum Gasteiger partial charge on any atom is -0.497 e. The first kappa shape index (κ1) is 26.7. The Morgan fingerprint density at radius 2 is 1.83 bits per heavy atom. The molecule has 3 rings (SSSR count). The van der Waals surface area contributed by atoms with Crippen molar-refractivity contribution in [3.8, 4) is 11.5 Å². The van der Waals surface area contributed by atoms with Gasteiger partial charge in [0.1, 0.15) is 39.7 Å². The fourth-order valence-corrected chi connectivity index (χ4v) is 4.65. The first-order valence-corrected chi connectivity index (χ1v) is 12.3. The fraction of sp³-hybridized carbons (Fsp3) is 0.480. The molecule has 10 heteroatoms. The van der Waals surface area contributed by atoms with Gasteiger partial charge in [0, 0.05) is 12.6 Å². The van der Waals surface area contributed by atoms with Gasteiger partial charge in [-0.15, -0.1) is 11.3 Å². The molecule has 0 spiro atoms. The van der Waals surface area contributed by atoms with Gasteiger partial charge in [-0.3, -0.25) is 9.69 Å². The monoisotopic (exact) mass is 503 g/mol. The second kappa shape index (κ2) is 11.7. The van der Waals surface area contributed by atoms with Crippen molar-refractivity contribution in [3.63, 3.8) is 0 Å². The maximum absolute atomic E-state index is 12.8. The van der Waals surface area contributed by atoms with Gasteiger partial charge < -0.3 is 24.3 Å². The maximum atomic E-state index is 12.8. The number of fused-ring (bicyclic) bond motifs is 1. The van der Waals surface area contributed by atoms with E-state index in [0.717, 1.165) is 17.1 Å². The molecule has 1 atom stereocenters. The molecule has 0 aliphatic heterocycles. The first-order valence-electron chi connectivity index (χ1n) is 11.5. The average molecular weight is 504 g/mol. The number of thiophene rings is 1. The standard InChI is InChI=1S/C25H33N3O6S/c1-14(2)28(11-17(29)13-33-19-9-7-18(32-6)8-10-19)12-20-26-23(30)21-16(5)22(35-24(21)27-20)25(31)34-15(3)4/h7-10,14-15,17,29H,11-13H2,1-6H3,(H,26,27,30)/t17-/m0/s1. The third kappa shape index (κ3) is 6.81. The van der Waals surface area contributed by atoms with Gasteiger partial charge in [0.25, 0.3) is 5.56 Å². The number of aliphatic hydroxyl groups excluding tert-OH is 1. The molecule has 0 amide bonds. The first-order chi connectivity index (χ1) is 16.6. The van der Waals surface area contributed by atoms with Crippen LogP contribution in [-0.2, 0) is 11.3 Å². The smallest absolute Gasteiger partial charge is 0.348 e. The number of carbonyl (C=O) groups excluding carboxylic acids is 1. The predicted octanol–water partition coefficient (Wildman–Crippen LogP) is 3.52. The molecule has 190 valence electrons. The number of nitrogens with zero attached hydrogens (tertiary/aromatic N) is 2. The van der Waals surface area contributed by atoms with Crippen molar-refractivity contribution in [2.45, 2.75) is 59.4 Å². The number of esters is 1. The number of methoxy groups -OCH3 is 1. The molecule has 0 aliphatic rings. The van der Waals surface area contributed by atoms with E-state index in [9.17, 15) is 14.7 Å². The zero-order valence-electron chi connectivity index (χ0n) is 21.0. The highest BCUT2D eigenvalue weighted by atomic mass is 32.1. The number of hydrogen-bond donors (Lipinski definition) is 2. The van der Waals surface area contributed by atoms with Crippen molar-refractivity contribution < 1.29 is 24.1 Å². The number of H-pyrrole nitrogens is 1. The quantitative estimate of drug-likeness (QED) is 0.382. The number of aliphatic hydroxyl groups is 1. The molecule has 0 aliphatic carbocycles. The molecule has 35 heavy (non-hydrogen) atoms. The molecule has 0 unspecified atom stereocenters. The number of aryl methyl sites for hydroxylation is 1. The number of hydrogen-bond acceptors (Lipinski definition) is 9. The van der Waals surface area contributed by atoms with Gasteiger partial charge in [0.2, 0.25) is 0 Å². The summed E-state index contributed by atoms with van der Waals surface area (Å²) in [6.45, 7) is 10.1. The van der Waals surface area contributed by atoms with Crippen molar-refractivity contribution in [2.24, 2.45) is 0 Å². The Labute approximate surface area is 208 Å². The largest absolute Gasteiger partial charge is 0.497 e. The van der Waals surface area contributed by atoms with Crippen LogP contribution in [0.15, 0.2) is 29.1 Å². The minimum absolute atomic E-state index is 0.0771. The molecule has 2 N–H and O–H groups in total.